The van der Waals surface area contributed by atoms with Gasteiger partial charge in [-0.3, -0.25) is 4.79 Å². The highest BCUT2D eigenvalue weighted by Crippen LogP contribution is 2.21. The van der Waals surface area contributed by atoms with Crippen molar-refractivity contribution >= 4 is 5.91 Å². The van der Waals surface area contributed by atoms with Crippen LogP contribution in [-0.4, -0.2) is 15.9 Å². The number of aryl methyl sites for hydroxylation is 2. The van der Waals surface area contributed by atoms with Crippen molar-refractivity contribution in [2.24, 2.45) is 5.73 Å². The molecule has 2 heterocycles. The molecule has 0 spiro atoms. The van der Waals surface area contributed by atoms with Crippen LogP contribution >= 0.6 is 0 Å². The number of hydrogen-bond donors (Lipinski definition) is 1. The zero-order chi connectivity index (χ0) is 12.4. The number of oxazole rings is 1. The Morgan fingerprint density at radius 2 is 2.24 bits per heavy atom. The molecule has 0 aromatic carbocycles. The summed E-state index contributed by atoms with van der Waals surface area (Å²) in [5.74, 6) is 0.648. The summed E-state index contributed by atoms with van der Waals surface area (Å²) in [6.45, 7) is 3.73. The van der Waals surface area contributed by atoms with Crippen LogP contribution in [0, 0.1) is 6.92 Å². The molecule has 5 nitrogen and oxygen atoms in total. The van der Waals surface area contributed by atoms with Gasteiger partial charge >= 0.3 is 0 Å². The summed E-state index contributed by atoms with van der Waals surface area (Å²) in [5.41, 5.74) is 7.05. The van der Waals surface area contributed by atoms with Crippen LogP contribution in [0.4, 0.5) is 0 Å². The van der Waals surface area contributed by atoms with Crippen molar-refractivity contribution in [2.45, 2.75) is 20.3 Å². The first-order valence-corrected chi connectivity index (χ1v) is 5.33. The summed E-state index contributed by atoms with van der Waals surface area (Å²) >= 11 is 0. The molecular formula is C12H13N3O2. The van der Waals surface area contributed by atoms with E-state index in [1.54, 1.807) is 19.2 Å². The van der Waals surface area contributed by atoms with Gasteiger partial charge in [0.25, 0.3) is 5.91 Å². The summed E-state index contributed by atoms with van der Waals surface area (Å²) in [6, 6.07) is 3.48. The van der Waals surface area contributed by atoms with E-state index in [1.807, 2.05) is 13.0 Å². The van der Waals surface area contributed by atoms with E-state index in [0.717, 1.165) is 17.7 Å². The third-order valence-corrected chi connectivity index (χ3v) is 2.40. The van der Waals surface area contributed by atoms with Crippen LogP contribution < -0.4 is 5.73 Å². The Bertz CT molecular complexity index is 561. The van der Waals surface area contributed by atoms with Gasteiger partial charge in [0.15, 0.2) is 11.7 Å². The quantitative estimate of drug-likeness (QED) is 0.871. The van der Waals surface area contributed by atoms with Gasteiger partial charge in [0.2, 0.25) is 0 Å². The minimum Gasteiger partial charge on any atom is -0.441 e. The first-order valence-electron chi connectivity index (χ1n) is 5.33. The fourth-order valence-electron chi connectivity index (χ4n) is 1.53. The molecule has 2 rings (SSSR count). The Labute approximate surface area is 98.7 Å². The summed E-state index contributed by atoms with van der Waals surface area (Å²) in [5, 5.41) is 0. The molecule has 0 fully saturated rings. The zero-order valence-corrected chi connectivity index (χ0v) is 9.73. The second kappa shape index (κ2) is 4.37. The monoisotopic (exact) mass is 231 g/mol. The second-order valence-corrected chi connectivity index (χ2v) is 3.69. The minimum absolute atomic E-state index is 0.244. The van der Waals surface area contributed by atoms with Crippen molar-refractivity contribution in [3.63, 3.8) is 0 Å². The Hall–Kier alpha value is -2.17. The Kier molecular flexibility index (Phi) is 2.91. The number of hydrogen-bond acceptors (Lipinski definition) is 4. The molecule has 0 saturated heterocycles. The largest absolute Gasteiger partial charge is 0.441 e. The zero-order valence-electron chi connectivity index (χ0n) is 9.73. The number of primary amides is 1. The highest BCUT2D eigenvalue weighted by molar-refractivity contribution is 5.92. The van der Waals surface area contributed by atoms with Crippen LogP contribution in [0.5, 0.6) is 0 Å². The van der Waals surface area contributed by atoms with Gasteiger partial charge in [-0.25, -0.2) is 9.97 Å². The van der Waals surface area contributed by atoms with E-state index in [1.165, 1.54) is 0 Å². The van der Waals surface area contributed by atoms with Gasteiger partial charge in [-0.05, 0) is 18.6 Å². The number of pyridine rings is 1. The van der Waals surface area contributed by atoms with E-state index >= 15 is 0 Å². The van der Waals surface area contributed by atoms with E-state index in [-0.39, 0.29) is 5.69 Å². The van der Waals surface area contributed by atoms with Crippen molar-refractivity contribution in [3.8, 4) is 11.3 Å². The van der Waals surface area contributed by atoms with Gasteiger partial charge in [0, 0.05) is 18.2 Å². The standard InChI is InChI=1S/C12H13N3O2/c1-3-9-4-8(5-10(15-9)12(13)16)11-6-14-7(2)17-11/h4-6H,3H2,1-2H3,(H2,13,16). The maximum absolute atomic E-state index is 11.2. The van der Waals surface area contributed by atoms with Gasteiger partial charge in [0.1, 0.15) is 5.69 Å². The van der Waals surface area contributed by atoms with Crippen LogP contribution in [0.15, 0.2) is 22.7 Å². The number of rotatable bonds is 3. The summed E-state index contributed by atoms with van der Waals surface area (Å²) in [6.07, 6.45) is 2.34. The molecule has 0 aliphatic rings. The van der Waals surface area contributed by atoms with E-state index in [4.69, 9.17) is 10.2 Å². The number of carbonyl (C=O) groups excluding carboxylic acids is 1. The fraction of sp³-hybridized carbons (Fsp3) is 0.250. The van der Waals surface area contributed by atoms with Crippen LogP contribution in [0.3, 0.4) is 0 Å². The lowest BCUT2D eigenvalue weighted by Crippen LogP contribution is -2.14. The van der Waals surface area contributed by atoms with Crippen LogP contribution in [0.2, 0.25) is 0 Å². The van der Waals surface area contributed by atoms with Gasteiger partial charge in [-0.2, -0.15) is 0 Å². The minimum atomic E-state index is -0.544. The average molecular weight is 231 g/mol. The fourth-order valence-corrected chi connectivity index (χ4v) is 1.53. The third-order valence-electron chi connectivity index (χ3n) is 2.40. The average Bonchev–Trinajstić information content (AvgIpc) is 2.75. The molecule has 0 atom stereocenters. The maximum Gasteiger partial charge on any atom is 0.267 e. The van der Waals surface area contributed by atoms with Crippen molar-refractivity contribution in [3.05, 3.63) is 35.6 Å². The van der Waals surface area contributed by atoms with Gasteiger partial charge < -0.3 is 10.2 Å². The number of nitrogens with two attached hydrogens (primary N) is 1. The molecule has 2 N–H and O–H groups in total. The van der Waals surface area contributed by atoms with Crippen LogP contribution in [-0.2, 0) is 6.42 Å². The predicted octanol–water partition coefficient (Wildman–Crippen LogP) is 1.71. The SMILES string of the molecule is CCc1cc(-c2cnc(C)o2)cc(C(N)=O)n1. The Morgan fingerprint density at radius 3 is 2.76 bits per heavy atom. The van der Waals surface area contributed by atoms with E-state index in [0.29, 0.717) is 11.7 Å². The van der Waals surface area contributed by atoms with Crippen molar-refractivity contribution in [2.75, 3.05) is 0 Å². The maximum atomic E-state index is 11.2. The lowest BCUT2D eigenvalue weighted by molar-refractivity contribution is 0.0995. The van der Waals surface area contributed by atoms with Crippen molar-refractivity contribution in [1.29, 1.82) is 0 Å². The normalized spacial score (nSPS) is 10.5. The number of aromatic nitrogens is 2. The molecule has 0 aliphatic carbocycles. The van der Waals surface area contributed by atoms with Gasteiger partial charge in [0.05, 0.1) is 6.20 Å². The van der Waals surface area contributed by atoms with Gasteiger partial charge in [-0.1, -0.05) is 6.92 Å². The molecule has 0 aliphatic heterocycles. The molecule has 88 valence electrons. The third kappa shape index (κ3) is 2.33. The highest BCUT2D eigenvalue weighted by Gasteiger charge is 2.10. The lowest BCUT2D eigenvalue weighted by atomic mass is 10.1. The number of carbonyl (C=O) groups is 1. The molecule has 0 bridgehead atoms. The van der Waals surface area contributed by atoms with Gasteiger partial charge in [-0.15, -0.1) is 0 Å². The Balaban J connectivity index is 2.53. The smallest absolute Gasteiger partial charge is 0.267 e. The van der Waals surface area contributed by atoms with E-state index in [2.05, 4.69) is 9.97 Å². The van der Waals surface area contributed by atoms with E-state index < -0.39 is 5.91 Å². The molecule has 2 aromatic rings. The molecule has 0 radical (unpaired) electrons. The molecule has 2 aromatic heterocycles. The summed E-state index contributed by atoms with van der Waals surface area (Å²) < 4.78 is 5.41. The topological polar surface area (TPSA) is 82.0 Å². The molecule has 0 unspecified atom stereocenters. The molecular weight excluding hydrogens is 218 g/mol. The first-order chi connectivity index (χ1) is 8.10. The lowest BCUT2D eigenvalue weighted by Gasteiger charge is -2.03. The number of nitrogens with zero attached hydrogens (tertiary/aromatic N) is 2. The molecule has 17 heavy (non-hydrogen) atoms. The summed E-state index contributed by atoms with van der Waals surface area (Å²) in [4.78, 5) is 19.3. The molecule has 1 amide bonds. The van der Waals surface area contributed by atoms with Crippen LogP contribution in [0.25, 0.3) is 11.3 Å². The van der Waals surface area contributed by atoms with Crippen molar-refractivity contribution < 1.29 is 9.21 Å². The predicted molar refractivity (Wildman–Crippen MR) is 62.4 cm³/mol. The Morgan fingerprint density at radius 1 is 1.47 bits per heavy atom. The molecule has 0 saturated carbocycles. The second-order valence-electron chi connectivity index (χ2n) is 3.69. The van der Waals surface area contributed by atoms with E-state index in [9.17, 15) is 4.79 Å². The van der Waals surface area contributed by atoms with Crippen molar-refractivity contribution in [1.82, 2.24) is 9.97 Å². The summed E-state index contributed by atoms with van der Waals surface area (Å²) in [7, 11) is 0. The number of amides is 1. The molecule has 5 heteroatoms. The van der Waals surface area contributed by atoms with Crippen LogP contribution in [0.1, 0.15) is 29.0 Å². The highest BCUT2D eigenvalue weighted by atomic mass is 16.4. The first kappa shape index (κ1) is 11.3.